The average Bonchev–Trinajstić information content (AvgIpc) is 2.91. The van der Waals surface area contributed by atoms with Crippen LogP contribution in [0.5, 0.6) is 23.0 Å². The Kier molecular flexibility index (Phi) is 5.33. The van der Waals surface area contributed by atoms with Crippen molar-refractivity contribution in [3.63, 3.8) is 0 Å². The fourth-order valence-corrected chi connectivity index (χ4v) is 4.23. The predicted molar refractivity (Wildman–Crippen MR) is 132 cm³/mol. The summed E-state index contributed by atoms with van der Waals surface area (Å²) in [5.74, 6) is 2.33. The Balaban J connectivity index is 1.29. The summed E-state index contributed by atoms with van der Waals surface area (Å²) in [5, 5.41) is 1.17. The monoisotopic (exact) mass is 484 g/mol. The lowest BCUT2D eigenvalue weighted by atomic mass is 10.0. The van der Waals surface area contributed by atoms with Crippen LogP contribution in [-0.2, 0) is 6.61 Å². The number of methoxy groups -OCH3 is 1. The molecule has 36 heavy (non-hydrogen) atoms. The van der Waals surface area contributed by atoms with Gasteiger partial charge in [-0.15, -0.1) is 0 Å². The molecule has 0 bridgehead atoms. The minimum Gasteiger partial charge on any atom is -0.497 e. The van der Waals surface area contributed by atoms with Crippen molar-refractivity contribution in [2.24, 2.45) is 0 Å². The Labute approximate surface area is 204 Å². The minimum atomic E-state index is -0.481. The van der Waals surface area contributed by atoms with E-state index in [0.717, 1.165) is 5.39 Å². The number of hydrogen-bond acceptors (Lipinski definition) is 8. The van der Waals surface area contributed by atoms with Crippen LogP contribution in [-0.4, -0.2) is 20.3 Å². The van der Waals surface area contributed by atoms with E-state index in [0.29, 0.717) is 69.5 Å². The molecular formula is C28H20O8. The molecule has 180 valence electrons. The number of ether oxygens (including phenoxy) is 4. The van der Waals surface area contributed by atoms with E-state index in [4.69, 9.17) is 27.8 Å². The highest BCUT2D eigenvalue weighted by Crippen LogP contribution is 2.34. The molecule has 8 heteroatoms. The van der Waals surface area contributed by atoms with Gasteiger partial charge < -0.3 is 27.8 Å². The molecule has 1 aliphatic rings. The third-order valence-electron chi connectivity index (χ3n) is 6.03. The Bertz CT molecular complexity index is 1730. The molecule has 0 saturated heterocycles. The van der Waals surface area contributed by atoms with Crippen molar-refractivity contribution < 1.29 is 27.8 Å². The van der Waals surface area contributed by atoms with Crippen LogP contribution in [0.1, 0.15) is 5.56 Å². The molecule has 3 aromatic carbocycles. The fourth-order valence-electron chi connectivity index (χ4n) is 4.23. The normalized spacial score (nSPS) is 12.6. The summed E-state index contributed by atoms with van der Waals surface area (Å²) in [7, 11) is 1.55. The van der Waals surface area contributed by atoms with Crippen LogP contribution in [0.4, 0.5) is 0 Å². The molecule has 5 aromatic rings. The number of rotatable bonds is 5. The maximum absolute atomic E-state index is 13.2. The van der Waals surface area contributed by atoms with Crippen molar-refractivity contribution in [3.8, 4) is 34.1 Å². The summed E-state index contributed by atoms with van der Waals surface area (Å²) in [6, 6.07) is 17.0. The molecule has 2 aromatic heterocycles. The fraction of sp³-hybridized carbons (Fsp3) is 0.143. The number of fused-ring (bicyclic) bond motifs is 3. The molecule has 0 atom stereocenters. The van der Waals surface area contributed by atoms with Gasteiger partial charge in [0.2, 0.25) is 0 Å². The summed E-state index contributed by atoms with van der Waals surface area (Å²) in [6.45, 7) is 1.08. The minimum absolute atomic E-state index is 0.124. The van der Waals surface area contributed by atoms with Crippen LogP contribution in [0.2, 0.25) is 0 Å². The van der Waals surface area contributed by atoms with Crippen molar-refractivity contribution in [1.82, 2.24) is 0 Å². The van der Waals surface area contributed by atoms with E-state index in [9.17, 15) is 9.59 Å². The van der Waals surface area contributed by atoms with E-state index in [1.54, 1.807) is 55.6 Å². The van der Waals surface area contributed by atoms with E-state index in [1.165, 1.54) is 12.3 Å². The Hall–Kier alpha value is -4.72. The third kappa shape index (κ3) is 3.92. The van der Waals surface area contributed by atoms with Crippen LogP contribution in [0.15, 0.2) is 85.4 Å². The van der Waals surface area contributed by atoms with Crippen LogP contribution < -0.4 is 30.0 Å². The Morgan fingerprint density at radius 1 is 0.806 bits per heavy atom. The largest absolute Gasteiger partial charge is 0.497 e. The first-order valence-electron chi connectivity index (χ1n) is 11.3. The summed E-state index contributed by atoms with van der Waals surface area (Å²) in [5.41, 5.74) is 1.93. The molecule has 6 rings (SSSR count). The second-order valence-corrected chi connectivity index (χ2v) is 8.24. The maximum atomic E-state index is 13.2. The zero-order chi connectivity index (χ0) is 24.6. The molecule has 0 radical (unpaired) electrons. The molecule has 0 N–H and O–H groups in total. The topological polar surface area (TPSA) is 97.3 Å². The van der Waals surface area contributed by atoms with E-state index < -0.39 is 5.63 Å². The van der Waals surface area contributed by atoms with Crippen molar-refractivity contribution >= 4 is 21.9 Å². The summed E-state index contributed by atoms with van der Waals surface area (Å²) < 4.78 is 33.4. The highest BCUT2D eigenvalue weighted by Gasteiger charge is 2.16. The molecule has 3 heterocycles. The lowest BCUT2D eigenvalue weighted by molar-refractivity contribution is 0.171. The van der Waals surface area contributed by atoms with Crippen molar-refractivity contribution in [3.05, 3.63) is 93.1 Å². The van der Waals surface area contributed by atoms with Gasteiger partial charge >= 0.3 is 5.63 Å². The molecular weight excluding hydrogens is 464 g/mol. The molecule has 0 spiro atoms. The first-order valence-corrected chi connectivity index (χ1v) is 11.3. The molecule has 0 amide bonds. The van der Waals surface area contributed by atoms with Crippen LogP contribution >= 0.6 is 0 Å². The summed E-state index contributed by atoms with van der Waals surface area (Å²) in [4.78, 5) is 25.2. The van der Waals surface area contributed by atoms with Crippen molar-refractivity contribution in [1.29, 1.82) is 0 Å². The van der Waals surface area contributed by atoms with Gasteiger partial charge in [0, 0.05) is 29.1 Å². The van der Waals surface area contributed by atoms with E-state index in [1.807, 2.05) is 6.07 Å². The van der Waals surface area contributed by atoms with Gasteiger partial charge in [-0.05, 0) is 42.0 Å². The van der Waals surface area contributed by atoms with E-state index in [2.05, 4.69) is 0 Å². The van der Waals surface area contributed by atoms with Gasteiger partial charge in [-0.3, -0.25) is 4.79 Å². The zero-order valence-corrected chi connectivity index (χ0v) is 19.2. The second kappa shape index (κ2) is 8.81. The smallest absolute Gasteiger partial charge is 0.336 e. The summed E-state index contributed by atoms with van der Waals surface area (Å²) >= 11 is 0. The SMILES string of the molecule is COc1ccc2c(COc3ccc4c(=O)c(-c5ccc6c(c5)OCCO6)coc4c3)cc(=O)oc2c1. The Morgan fingerprint density at radius 2 is 1.58 bits per heavy atom. The standard InChI is InChI=1S/C28H20O8/c1-31-18-3-5-20-17(11-27(29)36-25(20)12-18)14-34-19-4-6-21-24(13-19)35-15-22(28(21)30)16-2-7-23-26(10-16)33-9-8-32-23/h2-7,10-13,15H,8-9,14H2,1H3. The second-order valence-electron chi connectivity index (χ2n) is 8.24. The lowest BCUT2D eigenvalue weighted by Gasteiger charge is -2.18. The molecule has 0 aliphatic carbocycles. The van der Waals surface area contributed by atoms with Crippen molar-refractivity contribution in [2.75, 3.05) is 20.3 Å². The molecule has 1 aliphatic heterocycles. The number of benzene rings is 3. The Morgan fingerprint density at radius 3 is 2.44 bits per heavy atom. The third-order valence-corrected chi connectivity index (χ3v) is 6.03. The van der Waals surface area contributed by atoms with Gasteiger partial charge in [-0.25, -0.2) is 4.79 Å². The quantitative estimate of drug-likeness (QED) is 0.324. The first-order chi connectivity index (χ1) is 17.6. The number of hydrogen-bond donors (Lipinski definition) is 0. The van der Waals surface area contributed by atoms with Gasteiger partial charge in [-0.2, -0.15) is 0 Å². The van der Waals surface area contributed by atoms with E-state index >= 15 is 0 Å². The van der Waals surface area contributed by atoms with Gasteiger partial charge in [0.05, 0.1) is 18.1 Å². The van der Waals surface area contributed by atoms with Gasteiger partial charge in [0.25, 0.3) is 0 Å². The van der Waals surface area contributed by atoms with Crippen LogP contribution in [0.25, 0.3) is 33.1 Å². The lowest BCUT2D eigenvalue weighted by Crippen LogP contribution is -2.15. The highest BCUT2D eigenvalue weighted by atomic mass is 16.6. The van der Waals surface area contributed by atoms with Crippen molar-refractivity contribution in [2.45, 2.75) is 6.61 Å². The summed E-state index contributed by atoms with van der Waals surface area (Å²) in [6.07, 6.45) is 1.43. The highest BCUT2D eigenvalue weighted by molar-refractivity contribution is 5.83. The van der Waals surface area contributed by atoms with Crippen LogP contribution in [0, 0.1) is 0 Å². The average molecular weight is 484 g/mol. The molecule has 0 unspecified atom stereocenters. The van der Waals surface area contributed by atoms with E-state index in [-0.39, 0.29) is 12.0 Å². The molecule has 0 saturated carbocycles. The van der Waals surface area contributed by atoms with Crippen LogP contribution in [0.3, 0.4) is 0 Å². The van der Waals surface area contributed by atoms with Gasteiger partial charge in [-0.1, -0.05) is 6.07 Å². The molecule has 0 fully saturated rings. The zero-order valence-electron chi connectivity index (χ0n) is 19.2. The predicted octanol–water partition coefficient (Wildman–Crippen LogP) is 4.93. The van der Waals surface area contributed by atoms with Gasteiger partial charge in [0.15, 0.2) is 16.9 Å². The van der Waals surface area contributed by atoms with Gasteiger partial charge in [0.1, 0.15) is 48.7 Å². The maximum Gasteiger partial charge on any atom is 0.336 e. The first kappa shape index (κ1) is 21.8. The molecule has 8 nitrogen and oxygen atoms in total.